The Morgan fingerprint density at radius 1 is 1.03 bits per heavy atom. The van der Waals surface area contributed by atoms with E-state index in [0.717, 1.165) is 12.0 Å². The van der Waals surface area contributed by atoms with Gasteiger partial charge in [0.25, 0.3) is 0 Å². The van der Waals surface area contributed by atoms with Gasteiger partial charge >= 0.3 is 0 Å². The molecule has 9 heteroatoms. The smallest absolute Gasteiger partial charge is 0.203 e. The Hall–Kier alpha value is -2.43. The van der Waals surface area contributed by atoms with Gasteiger partial charge in [-0.15, -0.1) is 24.0 Å². The summed E-state index contributed by atoms with van der Waals surface area (Å²) in [6.07, 6.45) is 0.624. The fraction of sp³-hybridized carbons (Fsp3) is 0.409. The molecule has 0 saturated heterocycles. The van der Waals surface area contributed by atoms with Crippen LogP contribution in [0.3, 0.4) is 0 Å². The predicted molar refractivity (Wildman–Crippen MR) is 131 cm³/mol. The van der Waals surface area contributed by atoms with Crippen LogP contribution in [0.2, 0.25) is 0 Å². The molecule has 7 nitrogen and oxygen atoms in total. The summed E-state index contributed by atoms with van der Waals surface area (Å²) >= 11 is 0. The van der Waals surface area contributed by atoms with Crippen molar-refractivity contribution in [3.63, 3.8) is 0 Å². The van der Waals surface area contributed by atoms with E-state index in [1.165, 1.54) is 12.1 Å². The summed E-state index contributed by atoms with van der Waals surface area (Å²) in [6.45, 7) is 3.03. The van der Waals surface area contributed by atoms with Crippen LogP contribution in [0.15, 0.2) is 41.4 Å². The zero-order valence-electron chi connectivity index (χ0n) is 18.5. The van der Waals surface area contributed by atoms with Gasteiger partial charge in [-0.3, -0.25) is 4.99 Å². The first kappa shape index (κ1) is 26.6. The van der Waals surface area contributed by atoms with Crippen LogP contribution in [-0.4, -0.2) is 47.0 Å². The third kappa shape index (κ3) is 7.97. The summed E-state index contributed by atoms with van der Waals surface area (Å²) in [5.74, 6) is 2.52. The zero-order chi connectivity index (χ0) is 21.9. The molecular formula is C22H31FIN3O4. The Kier molecular flexibility index (Phi) is 11.8. The highest BCUT2D eigenvalue weighted by atomic mass is 127. The number of nitrogens with one attached hydrogen (secondary N) is 2. The number of rotatable bonds is 10. The van der Waals surface area contributed by atoms with E-state index in [1.807, 2.05) is 19.1 Å². The van der Waals surface area contributed by atoms with Gasteiger partial charge in [0, 0.05) is 19.7 Å². The maximum Gasteiger partial charge on any atom is 0.203 e. The highest BCUT2D eigenvalue weighted by Crippen LogP contribution is 2.38. The molecule has 2 aromatic carbocycles. The third-order valence-corrected chi connectivity index (χ3v) is 4.46. The number of methoxy groups -OCH3 is 3. The van der Waals surface area contributed by atoms with Gasteiger partial charge in [-0.1, -0.05) is 13.0 Å². The molecule has 0 radical (unpaired) electrons. The average molecular weight is 547 g/mol. The van der Waals surface area contributed by atoms with E-state index in [9.17, 15) is 4.39 Å². The molecule has 2 N–H and O–H groups in total. The minimum atomic E-state index is -0.321. The molecule has 0 heterocycles. The van der Waals surface area contributed by atoms with E-state index in [4.69, 9.17) is 18.9 Å². The summed E-state index contributed by atoms with van der Waals surface area (Å²) in [5, 5.41) is 6.49. The second kappa shape index (κ2) is 13.8. The van der Waals surface area contributed by atoms with E-state index < -0.39 is 0 Å². The van der Waals surface area contributed by atoms with Gasteiger partial charge in [0.1, 0.15) is 17.7 Å². The molecule has 31 heavy (non-hydrogen) atoms. The molecule has 0 spiro atoms. The highest BCUT2D eigenvalue weighted by molar-refractivity contribution is 14.0. The van der Waals surface area contributed by atoms with Crippen LogP contribution in [0.1, 0.15) is 18.9 Å². The van der Waals surface area contributed by atoms with Crippen molar-refractivity contribution in [2.75, 3.05) is 34.9 Å². The van der Waals surface area contributed by atoms with Gasteiger partial charge in [-0.25, -0.2) is 4.39 Å². The number of ether oxygens (including phenoxy) is 4. The molecule has 0 aliphatic heterocycles. The van der Waals surface area contributed by atoms with Crippen LogP contribution >= 0.6 is 24.0 Å². The van der Waals surface area contributed by atoms with Gasteiger partial charge in [-0.2, -0.15) is 0 Å². The Morgan fingerprint density at radius 2 is 1.71 bits per heavy atom. The fourth-order valence-electron chi connectivity index (χ4n) is 2.86. The molecule has 0 fully saturated rings. The van der Waals surface area contributed by atoms with Crippen molar-refractivity contribution in [2.24, 2.45) is 4.99 Å². The third-order valence-electron chi connectivity index (χ3n) is 4.46. The number of hydrogen-bond acceptors (Lipinski definition) is 5. The van der Waals surface area contributed by atoms with Crippen molar-refractivity contribution in [2.45, 2.75) is 26.0 Å². The van der Waals surface area contributed by atoms with E-state index >= 15 is 0 Å². The number of nitrogens with zero attached hydrogens (tertiary/aromatic N) is 1. The summed E-state index contributed by atoms with van der Waals surface area (Å²) in [5.41, 5.74) is 0.940. The summed E-state index contributed by atoms with van der Waals surface area (Å²) in [6, 6.07) is 9.89. The SMILES string of the molecule is CCC(CNC(=NC)NCc1cc(OC)c(OC)c(OC)c1)Oc1cccc(F)c1.I. The largest absolute Gasteiger partial charge is 0.493 e. The fourth-order valence-corrected chi connectivity index (χ4v) is 2.86. The maximum absolute atomic E-state index is 13.4. The predicted octanol–water partition coefficient (Wildman–Crippen LogP) is 3.99. The van der Waals surface area contributed by atoms with Crippen LogP contribution in [0, 0.1) is 5.82 Å². The quantitative estimate of drug-likeness (QED) is 0.266. The van der Waals surface area contributed by atoms with Crippen molar-refractivity contribution < 1.29 is 23.3 Å². The Labute approximate surface area is 200 Å². The molecule has 0 bridgehead atoms. The Balaban J connectivity index is 0.00000480. The first-order chi connectivity index (χ1) is 14.5. The minimum absolute atomic E-state index is 0. The summed E-state index contributed by atoms with van der Waals surface area (Å²) in [4.78, 5) is 4.24. The number of benzene rings is 2. The molecule has 172 valence electrons. The van der Waals surface area contributed by atoms with Crippen LogP contribution in [0.25, 0.3) is 0 Å². The van der Waals surface area contributed by atoms with Gasteiger partial charge in [-0.05, 0) is 36.2 Å². The zero-order valence-corrected chi connectivity index (χ0v) is 20.9. The number of aliphatic imine (C=N–C) groups is 1. The van der Waals surface area contributed by atoms with Crippen molar-refractivity contribution in [1.82, 2.24) is 10.6 Å². The molecule has 0 aliphatic rings. The van der Waals surface area contributed by atoms with Gasteiger partial charge in [0.2, 0.25) is 5.75 Å². The Morgan fingerprint density at radius 3 is 2.23 bits per heavy atom. The number of halogens is 2. The minimum Gasteiger partial charge on any atom is -0.493 e. The average Bonchev–Trinajstić information content (AvgIpc) is 2.77. The van der Waals surface area contributed by atoms with Crippen molar-refractivity contribution in [3.05, 3.63) is 47.8 Å². The topological polar surface area (TPSA) is 73.3 Å². The maximum atomic E-state index is 13.4. The van der Waals surface area contributed by atoms with Crippen molar-refractivity contribution >= 4 is 29.9 Å². The van der Waals surface area contributed by atoms with E-state index in [2.05, 4.69) is 15.6 Å². The first-order valence-electron chi connectivity index (χ1n) is 9.70. The first-order valence-corrected chi connectivity index (χ1v) is 9.70. The molecule has 0 aliphatic carbocycles. The lowest BCUT2D eigenvalue weighted by Crippen LogP contribution is -2.42. The van der Waals surface area contributed by atoms with Crippen molar-refractivity contribution in [1.29, 1.82) is 0 Å². The molecule has 2 aromatic rings. The lowest BCUT2D eigenvalue weighted by atomic mass is 10.2. The van der Waals surface area contributed by atoms with Gasteiger partial charge < -0.3 is 29.6 Å². The van der Waals surface area contributed by atoms with Gasteiger partial charge in [0.15, 0.2) is 17.5 Å². The molecule has 1 atom stereocenters. The van der Waals surface area contributed by atoms with E-state index in [-0.39, 0.29) is 35.9 Å². The molecule has 2 rings (SSSR count). The number of guanidine groups is 1. The monoisotopic (exact) mass is 547 g/mol. The number of hydrogen-bond donors (Lipinski definition) is 2. The summed E-state index contributed by atoms with van der Waals surface area (Å²) < 4.78 is 35.3. The van der Waals surface area contributed by atoms with Crippen molar-refractivity contribution in [3.8, 4) is 23.0 Å². The van der Waals surface area contributed by atoms with E-state index in [0.29, 0.717) is 42.0 Å². The normalized spacial score (nSPS) is 11.7. The second-order valence-electron chi connectivity index (χ2n) is 6.45. The standard InChI is InChI=1S/C22H30FN3O4.HI/c1-6-17(30-18-9-7-8-16(23)12-18)14-26-22(24-2)25-13-15-10-19(27-3)21(29-5)20(11-15)28-4;/h7-12,17H,6,13-14H2,1-5H3,(H2,24,25,26);1H. The lowest BCUT2D eigenvalue weighted by Gasteiger charge is -2.20. The molecule has 0 saturated carbocycles. The van der Waals surface area contributed by atoms with Crippen LogP contribution in [0.5, 0.6) is 23.0 Å². The molecule has 0 amide bonds. The molecular weight excluding hydrogens is 516 g/mol. The lowest BCUT2D eigenvalue weighted by molar-refractivity contribution is 0.199. The molecule has 0 aromatic heterocycles. The summed E-state index contributed by atoms with van der Waals surface area (Å²) in [7, 11) is 6.43. The van der Waals surface area contributed by atoms with Crippen LogP contribution in [-0.2, 0) is 6.54 Å². The van der Waals surface area contributed by atoms with Crippen LogP contribution < -0.4 is 29.6 Å². The van der Waals surface area contributed by atoms with Crippen LogP contribution in [0.4, 0.5) is 4.39 Å². The van der Waals surface area contributed by atoms with E-state index in [1.54, 1.807) is 40.5 Å². The second-order valence-corrected chi connectivity index (χ2v) is 6.45. The van der Waals surface area contributed by atoms with Gasteiger partial charge in [0.05, 0.1) is 27.9 Å². The molecule has 1 unspecified atom stereocenters. The Bertz CT molecular complexity index is 826. The highest BCUT2D eigenvalue weighted by Gasteiger charge is 2.14.